The minimum absolute atomic E-state index is 0. The molecule has 2 aliphatic rings. The number of rotatable bonds is 8. The predicted octanol–water partition coefficient (Wildman–Crippen LogP) is 3.14. The fraction of sp³-hybridized carbons (Fsp3) is 0.600. The van der Waals surface area contributed by atoms with Crippen molar-refractivity contribution >= 4 is 35.8 Å². The van der Waals surface area contributed by atoms with Crippen LogP contribution >= 0.6 is 24.0 Å². The third-order valence-corrected chi connectivity index (χ3v) is 5.06. The average Bonchev–Trinajstić information content (AvgIpc) is 3.18. The third-order valence-electron chi connectivity index (χ3n) is 5.06. The number of halogens is 3. The molecule has 1 aromatic carbocycles. The molecular formula is C20H29F2IN4O4. The molecule has 1 aliphatic carbocycles. The molecule has 174 valence electrons. The van der Waals surface area contributed by atoms with Crippen LogP contribution in [0.15, 0.2) is 17.1 Å². The summed E-state index contributed by atoms with van der Waals surface area (Å²) in [6.07, 6.45) is 5.97. The Bertz CT molecular complexity index is 761. The van der Waals surface area contributed by atoms with Crippen LogP contribution in [0, 0.1) is 0 Å². The Balaban J connectivity index is 0.00000341. The molecule has 8 nitrogen and oxygen atoms in total. The number of alkyl halides is 2. The molecule has 3 rings (SSSR count). The van der Waals surface area contributed by atoms with Crippen LogP contribution in [0.5, 0.6) is 17.2 Å². The summed E-state index contributed by atoms with van der Waals surface area (Å²) in [7, 11) is 1.59. The minimum atomic E-state index is -2.95. The van der Waals surface area contributed by atoms with Crippen LogP contribution in [0.3, 0.4) is 0 Å². The van der Waals surface area contributed by atoms with Crippen LogP contribution in [0.25, 0.3) is 0 Å². The van der Waals surface area contributed by atoms with Gasteiger partial charge in [-0.1, -0.05) is 19.3 Å². The Morgan fingerprint density at radius 2 is 1.90 bits per heavy atom. The first-order valence-electron chi connectivity index (χ1n) is 10.2. The van der Waals surface area contributed by atoms with Crippen LogP contribution in [0.4, 0.5) is 8.78 Å². The zero-order chi connectivity index (χ0) is 21.3. The molecule has 1 fully saturated rings. The number of nitrogens with zero attached hydrogens (tertiary/aromatic N) is 1. The molecule has 0 aromatic heterocycles. The summed E-state index contributed by atoms with van der Waals surface area (Å²) in [5, 5.41) is 9.15. The Hall–Kier alpha value is -2.05. The molecule has 0 unspecified atom stereocenters. The molecule has 1 amide bonds. The quantitative estimate of drug-likeness (QED) is 0.260. The van der Waals surface area contributed by atoms with Crippen molar-refractivity contribution in [2.45, 2.75) is 57.7 Å². The maximum atomic E-state index is 12.7. The molecule has 31 heavy (non-hydrogen) atoms. The zero-order valence-corrected chi connectivity index (χ0v) is 19.7. The van der Waals surface area contributed by atoms with E-state index < -0.39 is 6.61 Å². The standard InChI is InChI=1S/C20H28F2N4O4.HI/c1-23-20(24-8-7-18(27)26-14-5-3-2-4-6-14)25-11-13-9-16-17(29-12-28-16)10-15(13)30-19(21)22;/h9-10,14,19H,2-8,11-12H2,1H3,(H,26,27)(H2,23,24,25);1H. The summed E-state index contributed by atoms with van der Waals surface area (Å²) in [5.74, 6) is 1.29. The van der Waals surface area contributed by atoms with Gasteiger partial charge in [-0.05, 0) is 18.9 Å². The maximum absolute atomic E-state index is 12.7. The number of fused-ring (bicyclic) bond motifs is 1. The van der Waals surface area contributed by atoms with E-state index in [4.69, 9.17) is 9.47 Å². The molecule has 1 heterocycles. The van der Waals surface area contributed by atoms with Gasteiger partial charge in [0.15, 0.2) is 17.5 Å². The van der Waals surface area contributed by atoms with Crippen molar-refractivity contribution in [3.05, 3.63) is 17.7 Å². The monoisotopic (exact) mass is 554 g/mol. The van der Waals surface area contributed by atoms with E-state index in [0.29, 0.717) is 36.0 Å². The normalized spacial score (nSPS) is 15.9. The maximum Gasteiger partial charge on any atom is 0.387 e. The van der Waals surface area contributed by atoms with Gasteiger partial charge in [-0.25, -0.2) is 0 Å². The first-order chi connectivity index (χ1) is 14.5. The average molecular weight is 554 g/mol. The lowest BCUT2D eigenvalue weighted by Crippen LogP contribution is -2.41. The fourth-order valence-electron chi connectivity index (χ4n) is 3.55. The van der Waals surface area contributed by atoms with Gasteiger partial charge in [0, 0.05) is 44.2 Å². The molecule has 0 saturated heterocycles. The SMILES string of the molecule is CN=C(NCCC(=O)NC1CCCCC1)NCc1cc2c(cc1OC(F)F)OCO2.I. The van der Waals surface area contributed by atoms with Crippen molar-refractivity contribution in [1.29, 1.82) is 0 Å². The van der Waals surface area contributed by atoms with Gasteiger partial charge < -0.3 is 30.2 Å². The highest BCUT2D eigenvalue weighted by Gasteiger charge is 2.20. The van der Waals surface area contributed by atoms with Crippen molar-refractivity contribution in [2.24, 2.45) is 4.99 Å². The third kappa shape index (κ3) is 7.86. The van der Waals surface area contributed by atoms with Crippen molar-refractivity contribution in [3.63, 3.8) is 0 Å². The molecule has 3 N–H and O–H groups in total. The summed E-state index contributed by atoms with van der Waals surface area (Å²) >= 11 is 0. The van der Waals surface area contributed by atoms with Crippen LogP contribution in [0.2, 0.25) is 0 Å². The lowest BCUT2D eigenvalue weighted by atomic mass is 9.95. The number of amides is 1. The summed E-state index contributed by atoms with van der Waals surface area (Å²) < 4.78 is 40.6. The highest BCUT2D eigenvalue weighted by Crippen LogP contribution is 2.38. The highest BCUT2D eigenvalue weighted by molar-refractivity contribution is 14.0. The summed E-state index contributed by atoms with van der Waals surface area (Å²) in [6, 6.07) is 3.26. The van der Waals surface area contributed by atoms with Gasteiger partial charge in [-0.3, -0.25) is 9.79 Å². The Kier molecular flexibility index (Phi) is 10.3. The predicted molar refractivity (Wildman–Crippen MR) is 122 cm³/mol. The molecule has 1 saturated carbocycles. The first-order valence-corrected chi connectivity index (χ1v) is 10.2. The number of carbonyl (C=O) groups excluding carboxylic acids is 1. The summed E-state index contributed by atoms with van der Waals surface area (Å²) in [5.41, 5.74) is 0.470. The fourth-order valence-corrected chi connectivity index (χ4v) is 3.55. The van der Waals surface area contributed by atoms with Gasteiger partial charge in [-0.15, -0.1) is 24.0 Å². The van der Waals surface area contributed by atoms with E-state index in [0.717, 1.165) is 25.7 Å². The van der Waals surface area contributed by atoms with Gasteiger partial charge in [0.2, 0.25) is 12.7 Å². The van der Waals surface area contributed by atoms with Crippen LogP contribution < -0.4 is 30.2 Å². The highest BCUT2D eigenvalue weighted by atomic mass is 127. The smallest absolute Gasteiger partial charge is 0.387 e. The van der Waals surface area contributed by atoms with Gasteiger partial charge in [-0.2, -0.15) is 8.78 Å². The number of aliphatic imine (C=N–C) groups is 1. The molecule has 0 spiro atoms. The first kappa shape index (κ1) is 25.2. The van der Waals surface area contributed by atoms with E-state index in [9.17, 15) is 13.6 Å². The van der Waals surface area contributed by atoms with Gasteiger partial charge in [0.1, 0.15) is 5.75 Å². The zero-order valence-electron chi connectivity index (χ0n) is 17.4. The van der Waals surface area contributed by atoms with Gasteiger partial charge in [0.25, 0.3) is 0 Å². The Morgan fingerprint density at radius 3 is 2.58 bits per heavy atom. The van der Waals surface area contributed by atoms with Crippen LogP contribution in [-0.4, -0.2) is 44.9 Å². The van der Waals surface area contributed by atoms with E-state index in [2.05, 4.69) is 25.7 Å². The number of guanidine groups is 1. The van der Waals surface area contributed by atoms with E-state index in [1.807, 2.05) is 0 Å². The molecule has 0 atom stereocenters. The number of carbonyl (C=O) groups is 1. The topological polar surface area (TPSA) is 93.2 Å². The number of ether oxygens (including phenoxy) is 3. The number of benzene rings is 1. The summed E-state index contributed by atoms with van der Waals surface area (Å²) in [4.78, 5) is 16.2. The molecular weight excluding hydrogens is 525 g/mol. The van der Waals surface area contributed by atoms with Gasteiger partial charge in [0.05, 0.1) is 0 Å². The van der Waals surface area contributed by atoms with E-state index in [1.54, 1.807) is 13.1 Å². The van der Waals surface area contributed by atoms with Crippen LogP contribution in [-0.2, 0) is 11.3 Å². The largest absolute Gasteiger partial charge is 0.454 e. The van der Waals surface area contributed by atoms with E-state index in [1.165, 1.54) is 12.5 Å². The lowest BCUT2D eigenvalue weighted by Gasteiger charge is -2.22. The van der Waals surface area contributed by atoms with Crippen molar-refractivity contribution in [2.75, 3.05) is 20.4 Å². The molecule has 1 aromatic rings. The number of hydrogen-bond acceptors (Lipinski definition) is 5. The van der Waals surface area contributed by atoms with Crippen molar-refractivity contribution in [3.8, 4) is 17.2 Å². The van der Waals surface area contributed by atoms with Crippen LogP contribution in [0.1, 0.15) is 44.1 Å². The van der Waals surface area contributed by atoms with E-state index in [-0.39, 0.29) is 55.0 Å². The second-order valence-corrected chi connectivity index (χ2v) is 7.20. The lowest BCUT2D eigenvalue weighted by molar-refractivity contribution is -0.121. The molecule has 0 radical (unpaired) electrons. The Labute approximate surface area is 197 Å². The molecule has 0 bridgehead atoms. The second kappa shape index (κ2) is 12.7. The summed E-state index contributed by atoms with van der Waals surface area (Å²) in [6.45, 7) is -2.34. The second-order valence-electron chi connectivity index (χ2n) is 7.20. The number of nitrogens with one attached hydrogen (secondary N) is 3. The van der Waals surface area contributed by atoms with Crippen molar-refractivity contribution in [1.82, 2.24) is 16.0 Å². The molecule has 1 aliphatic heterocycles. The van der Waals surface area contributed by atoms with E-state index >= 15 is 0 Å². The Morgan fingerprint density at radius 1 is 1.19 bits per heavy atom. The minimum Gasteiger partial charge on any atom is -0.454 e. The number of hydrogen-bond donors (Lipinski definition) is 3. The van der Waals surface area contributed by atoms with Gasteiger partial charge >= 0.3 is 6.61 Å². The van der Waals surface area contributed by atoms with Crippen molar-refractivity contribution < 1.29 is 27.8 Å². The molecule has 11 heteroatoms.